The fourth-order valence-electron chi connectivity index (χ4n) is 1.84. The third-order valence-electron chi connectivity index (χ3n) is 2.75. The van der Waals surface area contributed by atoms with Gasteiger partial charge in [-0.25, -0.2) is 4.98 Å². The van der Waals surface area contributed by atoms with Crippen molar-refractivity contribution in [1.29, 1.82) is 0 Å². The number of anilines is 1. The molecule has 0 bridgehead atoms. The van der Waals surface area contributed by atoms with Crippen molar-refractivity contribution in [2.45, 2.75) is 0 Å². The van der Waals surface area contributed by atoms with Crippen molar-refractivity contribution >= 4 is 16.7 Å². The van der Waals surface area contributed by atoms with Gasteiger partial charge in [0.15, 0.2) is 0 Å². The maximum Gasteiger partial charge on any atom is 0.138 e. The van der Waals surface area contributed by atoms with Crippen LogP contribution < -0.4 is 5.32 Å². The Labute approximate surface area is 99.5 Å². The van der Waals surface area contributed by atoms with Crippen molar-refractivity contribution in [3.8, 4) is 11.4 Å². The highest BCUT2D eigenvalue weighted by atomic mass is 14.9. The largest absolute Gasteiger partial charge is 0.383 e. The summed E-state index contributed by atoms with van der Waals surface area (Å²) in [5.74, 6) is 0.891. The molecule has 3 nitrogen and oxygen atoms in total. The van der Waals surface area contributed by atoms with Gasteiger partial charge in [0.2, 0.25) is 0 Å². The Kier molecular flexibility index (Phi) is 2.29. The number of benzene rings is 2. The van der Waals surface area contributed by atoms with Crippen LogP contribution in [0.5, 0.6) is 0 Å². The Hall–Kier alpha value is -2.29. The summed E-state index contributed by atoms with van der Waals surface area (Å²) in [6.45, 7) is 0. The molecule has 0 spiro atoms. The van der Waals surface area contributed by atoms with Gasteiger partial charge < -0.3 is 10.3 Å². The van der Waals surface area contributed by atoms with E-state index in [0.717, 1.165) is 28.1 Å². The van der Waals surface area contributed by atoms with Gasteiger partial charge in [-0.1, -0.05) is 12.1 Å². The highest BCUT2D eigenvalue weighted by Gasteiger charge is 2.03. The van der Waals surface area contributed by atoms with E-state index in [-0.39, 0.29) is 0 Å². The number of rotatable bonds is 2. The van der Waals surface area contributed by atoms with Crippen LogP contribution in [0.3, 0.4) is 0 Å². The summed E-state index contributed by atoms with van der Waals surface area (Å²) in [5.41, 5.74) is 4.11. The molecular weight excluding hydrogens is 210 g/mol. The van der Waals surface area contributed by atoms with E-state index < -0.39 is 0 Å². The van der Waals surface area contributed by atoms with Gasteiger partial charge >= 0.3 is 0 Å². The lowest BCUT2D eigenvalue weighted by molar-refractivity contribution is 1.34. The Balaban J connectivity index is 2.07. The number of aromatic nitrogens is 2. The molecule has 3 rings (SSSR count). The topological polar surface area (TPSA) is 40.7 Å². The summed E-state index contributed by atoms with van der Waals surface area (Å²) in [4.78, 5) is 7.85. The molecule has 17 heavy (non-hydrogen) atoms. The first-order valence-corrected chi connectivity index (χ1v) is 5.45. The molecule has 1 aromatic heterocycles. The van der Waals surface area contributed by atoms with Crippen LogP contribution in [0.25, 0.3) is 22.4 Å². The zero-order chi connectivity index (χ0) is 11.7. The van der Waals surface area contributed by atoms with Gasteiger partial charge in [0.1, 0.15) is 5.82 Å². The van der Waals surface area contributed by atoms with Crippen LogP contribution in [-0.2, 0) is 0 Å². The van der Waals surface area contributed by atoms with E-state index in [4.69, 9.17) is 0 Å². The monoisotopic (exact) mass is 222 g/mol. The summed E-state index contributed by atoms with van der Waals surface area (Å²) in [6, 6.07) is 16.0. The minimum absolute atomic E-state index is 0.891. The van der Waals surface area contributed by atoms with Crippen LogP contribution in [0.2, 0.25) is 0 Å². The van der Waals surface area contributed by atoms with Gasteiger partial charge in [-0.15, -0.1) is 0 Å². The van der Waals surface area contributed by atoms with Crippen LogP contribution in [0.4, 0.5) is 5.69 Å². The number of hydrogen-bond donors (Lipinski definition) is 2. The molecule has 0 unspecified atom stereocenters. The Bertz CT molecular complexity index is 605. The fourth-order valence-corrected chi connectivity index (χ4v) is 1.84. The number of aromatic amines is 1. The minimum Gasteiger partial charge on any atom is -0.383 e. The molecule has 2 aromatic carbocycles. The number of nitrogens with zero attached hydrogens (tertiary/aromatic N) is 1. The first-order chi connectivity index (χ1) is 8.36. The lowest BCUT2D eigenvalue weighted by atomic mass is 10.2. The highest BCUT2D eigenvalue weighted by Crippen LogP contribution is 2.21. The number of para-hydroxylation sites is 2. The van der Waals surface area contributed by atoms with E-state index in [1.807, 2.05) is 48.5 Å². The Morgan fingerprint density at radius 2 is 1.76 bits per heavy atom. The first-order valence-electron chi connectivity index (χ1n) is 5.45. The van der Waals surface area contributed by atoms with E-state index in [1.54, 1.807) is 0 Å². The number of imidazole rings is 1. The summed E-state index contributed by atoms with van der Waals surface area (Å²) in [7, 11) is 3.62. The van der Waals surface area contributed by atoms with E-state index >= 15 is 0 Å². The van der Waals surface area contributed by atoms with Crippen molar-refractivity contribution in [2.75, 3.05) is 5.32 Å². The molecule has 1 heterocycles. The van der Waals surface area contributed by atoms with Crippen molar-refractivity contribution in [3.63, 3.8) is 0 Å². The van der Waals surface area contributed by atoms with Crippen LogP contribution in [0, 0.1) is 7.05 Å². The van der Waals surface area contributed by atoms with Crippen molar-refractivity contribution in [1.82, 2.24) is 9.97 Å². The Morgan fingerprint density at radius 3 is 2.47 bits per heavy atom. The van der Waals surface area contributed by atoms with E-state index in [0.29, 0.717) is 0 Å². The molecule has 0 fully saturated rings. The Morgan fingerprint density at radius 1 is 1.00 bits per heavy atom. The second-order valence-electron chi connectivity index (χ2n) is 3.86. The zero-order valence-corrected chi connectivity index (χ0v) is 9.27. The smallest absolute Gasteiger partial charge is 0.138 e. The van der Waals surface area contributed by atoms with Crippen LogP contribution in [-0.4, -0.2) is 9.97 Å². The molecule has 3 aromatic rings. The van der Waals surface area contributed by atoms with Crippen LogP contribution >= 0.6 is 0 Å². The number of fused-ring (bicyclic) bond motifs is 1. The van der Waals surface area contributed by atoms with E-state index in [2.05, 4.69) is 22.3 Å². The van der Waals surface area contributed by atoms with Crippen molar-refractivity contribution in [3.05, 3.63) is 55.6 Å². The number of nitrogens with one attached hydrogen (secondary N) is 2. The standard InChI is InChI=1S/C14H12N3/c1-15-11-8-6-10(7-9-11)14-16-12-4-2-3-5-13(12)17-14/h2-9,15H,1H2,(H,16,17). The molecule has 0 aliphatic carbocycles. The number of H-pyrrole nitrogens is 1. The van der Waals surface area contributed by atoms with Crippen LogP contribution in [0.15, 0.2) is 48.5 Å². The molecule has 3 heteroatoms. The lowest BCUT2D eigenvalue weighted by Crippen LogP contribution is -1.85. The summed E-state index contributed by atoms with van der Waals surface area (Å²) < 4.78 is 0. The average Bonchev–Trinajstić information content (AvgIpc) is 2.82. The molecule has 2 N–H and O–H groups in total. The molecule has 0 atom stereocenters. The van der Waals surface area contributed by atoms with Gasteiger partial charge in [0.05, 0.1) is 11.0 Å². The third kappa shape index (κ3) is 1.76. The lowest BCUT2D eigenvalue weighted by Gasteiger charge is -2.00. The SMILES string of the molecule is [CH2]Nc1ccc(-c2nc3ccccc3[nH]2)cc1. The van der Waals surface area contributed by atoms with Gasteiger partial charge in [-0.3, -0.25) is 0 Å². The molecule has 0 aliphatic rings. The van der Waals surface area contributed by atoms with Gasteiger partial charge in [-0.05, 0) is 36.4 Å². The third-order valence-corrected chi connectivity index (χ3v) is 2.75. The zero-order valence-electron chi connectivity index (χ0n) is 9.27. The predicted octanol–water partition coefficient (Wildman–Crippen LogP) is 3.43. The minimum atomic E-state index is 0.891. The fraction of sp³-hybridized carbons (Fsp3) is 0. The van der Waals surface area contributed by atoms with E-state index in [1.165, 1.54) is 0 Å². The molecule has 0 amide bonds. The van der Waals surface area contributed by atoms with E-state index in [9.17, 15) is 0 Å². The van der Waals surface area contributed by atoms with Gasteiger partial charge in [-0.2, -0.15) is 0 Å². The maximum absolute atomic E-state index is 4.55. The molecular formula is C14H12N3. The second kappa shape index (κ2) is 3.94. The molecule has 0 aliphatic heterocycles. The summed E-state index contributed by atoms with van der Waals surface area (Å²) >= 11 is 0. The molecule has 0 saturated carbocycles. The molecule has 1 radical (unpaired) electrons. The molecule has 0 saturated heterocycles. The quantitative estimate of drug-likeness (QED) is 0.697. The second-order valence-corrected chi connectivity index (χ2v) is 3.86. The van der Waals surface area contributed by atoms with Gasteiger partial charge in [0, 0.05) is 18.3 Å². The highest BCUT2D eigenvalue weighted by molar-refractivity contribution is 5.79. The van der Waals surface area contributed by atoms with Crippen LogP contribution in [0.1, 0.15) is 0 Å². The average molecular weight is 222 g/mol. The molecule has 83 valence electrons. The normalized spacial score (nSPS) is 10.6. The van der Waals surface area contributed by atoms with Crippen molar-refractivity contribution < 1.29 is 0 Å². The number of hydrogen-bond acceptors (Lipinski definition) is 2. The first kappa shape index (κ1) is 9.90. The van der Waals surface area contributed by atoms with Gasteiger partial charge in [0.25, 0.3) is 0 Å². The predicted molar refractivity (Wildman–Crippen MR) is 70.5 cm³/mol. The summed E-state index contributed by atoms with van der Waals surface area (Å²) in [6.07, 6.45) is 0. The summed E-state index contributed by atoms with van der Waals surface area (Å²) in [5, 5.41) is 2.85. The maximum atomic E-state index is 4.55. The van der Waals surface area contributed by atoms with Crippen molar-refractivity contribution in [2.24, 2.45) is 0 Å².